The Labute approximate surface area is 104 Å². The predicted octanol–water partition coefficient (Wildman–Crippen LogP) is 1.11. The first-order chi connectivity index (χ1) is 7.97. The van der Waals surface area contributed by atoms with Crippen molar-refractivity contribution < 1.29 is 9.90 Å². The molecule has 0 saturated carbocycles. The number of rotatable bonds is 7. The zero-order chi connectivity index (χ0) is 13.3. The molecule has 0 radical (unpaired) electrons. The highest BCUT2D eigenvalue weighted by Crippen LogP contribution is 2.05. The monoisotopic (exact) mass is 240 g/mol. The summed E-state index contributed by atoms with van der Waals surface area (Å²) in [5.74, 6) is -0.319. The lowest BCUT2D eigenvalue weighted by Gasteiger charge is -2.07. The summed E-state index contributed by atoms with van der Waals surface area (Å²) in [6, 6.07) is -0.825. The molecule has 0 aromatic rings. The van der Waals surface area contributed by atoms with Gasteiger partial charge in [-0.15, -0.1) is 0 Å². The van der Waals surface area contributed by atoms with Crippen LogP contribution in [-0.4, -0.2) is 30.2 Å². The number of nitrogens with two attached hydrogens (primary N) is 1. The maximum absolute atomic E-state index is 11.2. The molecule has 17 heavy (non-hydrogen) atoms. The summed E-state index contributed by atoms with van der Waals surface area (Å²) in [6.07, 6.45) is 6.18. The van der Waals surface area contributed by atoms with E-state index in [1.54, 1.807) is 0 Å². The summed E-state index contributed by atoms with van der Waals surface area (Å²) in [6.45, 7) is 6.34. The van der Waals surface area contributed by atoms with Gasteiger partial charge in [0.2, 0.25) is 5.91 Å². The summed E-state index contributed by atoms with van der Waals surface area (Å²) in [4.78, 5) is 11.2. The van der Waals surface area contributed by atoms with Crippen LogP contribution in [-0.2, 0) is 4.79 Å². The van der Waals surface area contributed by atoms with Crippen molar-refractivity contribution >= 4 is 5.91 Å². The van der Waals surface area contributed by atoms with Gasteiger partial charge in [-0.25, -0.2) is 0 Å². The molecular formula is C13H24N2O2. The molecular weight excluding hydrogens is 216 g/mol. The van der Waals surface area contributed by atoms with Gasteiger partial charge in [0.25, 0.3) is 0 Å². The third kappa shape index (κ3) is 8.65. The molecule has 98 valence electrons. The van der Waals surface area contributed by atoms with Crippen LogP contribution in [0.25, 0.3) is 0 Å². The fourth-order valence-corrected chi connectivity index (χ4v) is 1.23. The highest BCUT2D eigenvalue weighted by molar-refractivity contribution is 5.81. The van der Waals surface area contributed by atoms with Crippen molar-refractivity contribution in [1.29, 1.82) is 0 Å². The van der Waals surface area contributed by atoms with Crippen molar-refractivity contribution in [3.63, 3.8) is 0 Å². The normalized spacial score (nSPS) is 13.1. The van der Waals surface area contributed by atoms with Crippen molar-refractivity contribution in [3.8, 4) is 0 Å². The van der Waals surface area contributed by atoms with Crippen molar-refractivity contribution in [2.24, 2.45) is 5.73 Å². The summed E-state index contributed by atoms with van der Waals surface area (Å²) in [7, 11) is 0. The van der Waals surface area contributed by atoms with Crippen LogP contribution >= 0.6 is 0 Å². The Balaban J connectivity index is 3.84. The Morgan fingerprint density at radius 2 is 2.00 bits per heavy atom. The van der Waals surface area contributed by atoms with Gasteiger partial charge in [0.05, 0.1) is 6.61 Å². The second-order valence-corrected chi connectivity index (χ2v) is 4.40. The minimum absolute atomic E-state index is 0.319. The summed E-state index contributed by atoms with van der Waals surface area (Å²) in [5, 5.41) is 11.3. The molecule has 1 amide bonds. The second-order valence-electron chi connectivity index (χ2n) is 4.40. The number of aliphatic hydroxyl groups excluding tert-OH is 1. The summed E-state index contributed by atoms with van der Waals surface area (Å²) in [5.41, 5.74) is 7.91. The van der Waals surface area contributed by atoms with E-state index in [-0.39, 0.29) is 12.5 Å². The van der Waals surface area contributed by atoms with Gasteiger partial charge < -0.3 is 16.2 Å². The van der Waals surface area contributed by atoms with Crippen LogP contribution in [0.3, 0.4) is 0 Å². The molecule has 0 aliphatic heterocycles. The zero-order valence-electron chi connectivity index (χ0n) is 11.0. The minimum Gasteiger partial charge on any atom is -0.394 e. The highest BCUT2D eigenvalue weighted by atomic mass is 16.3. The Kier molecular flexibility index (Phi) is 8.36. The molecule has 1 unspecified atom stereocenters. The number of allylic oxidation sites excluding steroid dienone is 3. The SMILES string of the molecule is CC(C)=CCCC(C)=CCNC(=O)C(N)CO. The minimum atomic E-state index is -0.825. The highest BCUT2D eigenvalue weighted by Gasteiger charge is 2.09. The quantitative estimate of drug-likeness (QED) is 0.584. The number of hydrogen-bond donors (Lipinski definition) is 3. The van der Waals surface area contributed by atoms with Gasteiger partial charge in [-0.3, -0.25) is 4.79 Å². The molecule has 0 spiro atoms. The maximum atomic E-state index is 11.2. The first-order valence-corrected chi connectivity index (χ1v) is 5.90. The molecule has 0 bridgehead atoms. The molecule has 0 saturated heterocycles. The number of carbonyl (C=O) groups is 1. The number of hydrogen-bond acceptors (Lipinski definition) is 3. The fourth-order valence-electron chi connectivity index (χ4n) is 1.23. The van der Waals surface area contributed by atoms with Gasteiger partial charge in [-0.2, -0.15) is 0 Å². The molecule has 0 aliphatic rings. The third-order valence-corrected chi connectivity index (χ3v) is 2.35. The predicted molar refractivity (Wildman–Crippen MR) is 70.5 cm³/mol. The average molecular weight is 240 g/mol. The lowest BCUT2D eigenvalue weighted by Crippen LogP contribution is -2.43. The van der Waals surface area contributed by atoms with Gasteiger partial charge in [0.1, 0.15) is 6.04 Å². The topological polar surface area (TPSA) is 75.4 Å². The first kappa shape index (κ1) is 15.9. The Morgan fingerprint density at radius 1 is 1.35 bits per heavy atom. The van der Waals surface area contributed by atoms with Gasteiger partial charge in [-0.05, 0) is 33.6 Å². The molecule has 0 aliphatic carbocycles. The van der Waals surface area contributed by atoms with Gasteiger partial charge in [-0.1, -0.05) is 23.3 Å². The van der Waals surface area contributed by atoms with Crippen molar-refractivity contribution in [1.82, 2.24) is 5.32 Å². The van der Waals surface area contributed by atoms with Crippen molar-refractivity contribution in [2.45, 2.75) is 39.7 Å². The van der Waals surface area contributed by atoms with E-state index in [0.29, 0.717) is 6.54 Å². The Bertz CT molecular complexity index is 292. The molecule has 0 aromatic heterocycles. The fraction of sp³-hybridized carbons (Fsp3) is 0.615. The molecule has 4 nitrogen and oxygen atoms in total. The smallest absolute Gasteiger partial charge is 0.239 e. The average Bonchev–Trinajstić information content (AvgIpc) is 2.27. The van der Waals surface area contributed by atoms with E-state index >= 15 is 0 Å². The van der Waals surface area contributed by atoms with Crippen LogP contribution in [0.2, 0.25) is 0 Å². The largest absolute Gasteiger partial charge is 0.394 e. The van der Waals surface area contributed by atoms with Crippen LogP contribution in [0.15, 0.2) is 23.3 Å². The van der Waals surface area contributed by atoms with E-state index in [1.807, 2.05) is 13.0 Å². The van der Waals surface area contributed by atoms with Crippen LogP contribution < -0.4 is 11.1 Å². The lowest BCUT2D eigenvalue weighted by molar-refractivity contribution is -0.122. The van der Waals surface area contributed by atoms with Crippen LogP contribution in [0, 0.1) is 0 Å². The Morgan fingerprint density at radius 3 is 2.53 bits per heavy atom. The first-order valence-electron chi connectivity index (χ1n) is 5.90. The molecule has 0 fully saturated rings. The van der Waals surface area contributed by atoms with Crippen LogP contribution in [0.4, 0.5) is 0 Å². The molecule has 4 N–H and O–H groups in total. The van der Waals surface area contributed by atoms with E-state index in [0.717, 1.165) is 12.8 Å². The number of amides is 1. The van der Waals surface area contributed by atoms with Crippen molar-refractivity contribution in [2.75, 3.05) is 13.2 Å². The second kappa shape index (κ2) is 8.96. The lowest BCUT2D eigenvalue weighted by atomic mass is 10.1. The van der Waals surface area contributed by atoms with Crippen LogP contribution in [0.5, 0.6) is 0 Å². The van der Waals surface area contributed by atoms with E-state index in [1.165, 1.54) is 11.1 Å². The molecule has 0 aromatic carbocycles. The van der Waals surface area contributed by atoms with E-state index < -0.39 is 6.04 Å². The standard InChI is InChI=1S/C13H24N2O2/c1-10(2)5-4-6-11(3)7-8-15-13(17)12(14)9-16/h5,7,12,16H,4,6,8-9,14H2,1-3H3,(H,15,17). The molecule has 4 heteroatoms. The zero-order valence-corrected chi connectivity index (χ0v) is 11.0. The van der Waals surface area contributed by atoms with E-state index in [4.69, 9.17) is 10.8 Å². The molecule has 0 heterocycles. The summed E-state index contributed by atoms with van der Waals surface area (Å²) >= 11 is 0. The Hall–Kier alpha value is -1.13. The van der Waals surface area contributed by atoms with E-state index in [9.17, 15) is 4.79 Å². The van der Waals surface area contributed by atoms with Gasteiger partial charge >= 0.3 is 0 Å². The number of aliphatic hydroxyl groups is 1. The number of carbonyl (C=O) groups excluding carboxylic acids is 1. The molecule has 0 rings (SSSR count). The maximum Gasteiger partial charge on any atom is 0.239 e. The van der Waals surface area contributed by atoms with Gasteiger partial charge in [0, 0.05) is 6.54 Å². The van der Waals surface area contributed by atoms with Gasteiger partial charge in [0.15, 0.2) is 0 Å². The summed E-state index contributed by atoms with van der Waals surface area (Å²) < 4.78 is 0. The van der Waals surface area contributed by atoms with E-state index in [2.05, 4.69) is 25.2 Å². The number of nitrogens with one attached hydrogen (secondary N) is 1. The third-order valence-electron chi connectivity index (χ3n) is 2.35. The van der Waals surface area contributed by atoms with Crippen LogP contribution in [0.1, 0.15) is 33.6 Å². The van der Waals surface area contributed by atoms with Crippen molar-refractivity contribution in [3.05, 3.63) is 23.3 Å². The molecule has 1 atom stereocenters.